The second-order valence-corrected chi connectivity index (χ2v) is 14.8. The van der Waals surface area contributed by atoms with Crippen LogP contribution in [0, 0.1) is 0 Å². The summed E-state index contributed by atoms with van der Waals surface area (Å²) in [5.74, 6) is -1.03. The Morgan fingerprint density at radius 2 is 1.04 bits per heavy atom. The SMILES string of the molecule is CC/C=C/C=C/C=C/C=C/CCCCCC(=O)OC(COC(=O)CCCC/C=C/C/C=C/C/C=C/C/C=C/C/C=C/CCCCC)COP(=O)(O)OC[C@H](O)CO. The van der Waals surface area contributed by atoms with E-state index < -0.39 is 51.8 Å². The predicted octanol–water partition coefficient (Wildman–Crippen LogP) is 11.0. The van der Waals surface area contributed by atoms with Crippen molar-refractivity contribution in [3.8, 4) is 0 Å². The number of esters is 2. The van der Waals surface area contributed by atoms with Crippen LogP contribution in [0.1, 0.15) is 129 Å². The van der Waals surface area contributed by atoms with Crippen molar-refractivity contribution < 1.29 is 47.8 Å². The molecule has 0 heterocycles. The maximum absolute atomic E-state index is 12.6. The van der Waals surface area contributed by atoms with Crippen molar-refractivity contribution in [1.82, 2.24) is 0 Å². The minimum Gasteiger partial charge on any atom is -0.462 e. The molecule has 0 radical (unpaired) electrons. The van der Waals surface area contributed by atoms with E-state index in [0.717, 1.165) is 64.2 Å². The van der Waals surface area contributed by atoms with Crippen molar-refractivity contribution in [2.24, 2.45) is 0 Å². The van der Waals surface area contributed by atoms with Gasteiger partial charge in [-0.3, -0.25) is 18.6 Å². The van der Waals surface area contributed by atoms with Crippen molar-refractivity contribution in [1.29, 1.82) is 0 Å². The van der Waals surface area contributed by atoms with Gasteiger partial charge in [0.1, 0.15) is 12.7 Å². The van der Waals surface area contributed by atoms with Crippen molar-refractivity contribution >= 4 is 19.8 Å². The molecule has 0 aromatic rings. The summed E-state index contributed by atoms with van der Waals surface area (Å²) < 4.78 is 32.6. The van der Waals surface area contributed by atoms with Crippen LogP contribution in [-0.2, 0) is 32.7 Å². The number of ether oxygens (including phenoxy) is 2. The van der Waals surface area contributed by atoms with Gasteiger partial charge in [-0.25, -0.2) is 4.57 Å². The van der Waals surface area contributed by atoms with Crippen LogP contribution < -0.4 is 0 Å². The van der Waals surface area contributed by atoms with Gasteiger partial charge < -0.3 is 24.6 Å². The van der Waals surface area contributed by atoms with Gasteiger partial charge in [-0.2, -0.15) is 0 Å². The van der Waals surface area contributed by atoms with Gasteiger partial charge in [-0.05, 0) is 83.5 Å². The molecule has 0 spiro atoms. The number of phosphoric ester groups is 1. The quantitative estimate of drug-likeness (QED) is 0.0182. The molecule has 0 amide bonds. The number of hydrogen-bond acceptors (Lipinski definition) is 9. The van der Waals surface area contributed by atoms with Gasteiger partial charge in [0.2, 0.25) is 0 Å². The molecule has 0 aliphatic carbocycles. The van der Waals surface area contributed by atoms with E-state index in [9.17, 15) is 24.2 Å². The van der Waals surface area contributed by atoms with Crippen LogP contribution >= 0.6 is 7.82 Å². The molecule has 322 valence electrons. The highest BCUT2D eigenvalue weighted by Gasteiger charge is 2.27. The number of hydrogen-bond donors (Lipinski definition) is 3. The highest BCUT2D eigenvalue weighted by molar-refractivity contribution is 7.47. The summed E-state index contributed by atoms with van der Waals surface area (Å²) >= 11 is 0. The average Bonchev–Trinajstić information content (AvgIpc) is 3.20. The predicted molar refractivity (Wildman–Crippen MR) is 232 cm³/mol. The zero-order chi connectivity index (χ0) is 41.9. The van der Waals surface area contributed by atoms with E-state index in [4.69, 9.17) is 19.1 Å². The number of carbonyl (C=O) groups excluding carboxylic acids is 2. The fraction of sp³-hybridized carbons (Fsp3) is 0.565. The van der Waals surface area contributed by atoms with E-state index in [0.29, 0.717) is 12.8 Å². The van der Waals surface area contributed by atoms with Gasteiger partial charge in [0.25, 0.3) is 0 Å². The van der Waals surface area contributed by atoms with Crippen LogP contribution in [0.25, 0.3) is 0 Å². The highest BCUT2D eigenvalue weighted by Crippen LogP contribution is 2.43. The Hall–Kier alpha value is -3.37. The number of aliphatic hydroxyl groups is 2. The lowest BCUT2D eigenvalue weighted by Gasteiger charge is -2.20. The molecule has 0 aromatic heterocycles. The number of phosphoric acid groups is 1. The second-order valence-electron chi connectivity index (χ2n) is 13.4. The molecule has 0 saturated carbocycles. The molecule has 0 rings (SSSR count). The number of carbonyl (C=O) groups is 2. The standard InChI is InChI=1S/C46H73O10P/c1-3-5-7-9-11-13-15-17-18-19-20-21-22-23-24-26-27-29-31-33-35-37-45(49)53-41-44(42-55-57(51,52)54-40-43(48)39-47)56-46(50)38-36-34-32-30-28-25-16-14-12-10-8-6-4-2/h6,8,10-14,16-18,20-21,23-25,27-29,43-44,47-48H,3-5,7,9,15,19,22,26,30-42H2,1-2H3,(H,51,52)/b8-6+,12-10+,13-11+,16-14+,18-17+,21-20+,24-23+,28-25+,29-27+/t43-,44?/m1/s1. The molecular formula is C46H73O10P. The lowest BCUT2D eigenvalue weighted by atomic mass is 10.1. The molecule has 11 heteroatoms. The molecule has 3 N–H and O–H groups in total. The van der Waals surface area contributed by atoms with E-state index in [2.05, 4.69) is 91.3 Å². The largest absolute Gasteiger partial charge is 0.472 e. The monoisotopic (exact) mass is 816 g/mol. The molecule has 0 aliphatic rings. The molecule has 0 fully saturated rings. The van der Waals surface area contributed by atoms with Crippen LogP contribution in [0.15, 0.2) is 109 Å². The average molecular weight is 817 g/mol. The van der Waals surface area contributed by atoms with E-state index >= 15 is 0 Å². The summed E-state index contributed by atoms with van der Waals surface area (Å²) in [6, 6.07) is 0. The highest BCUT2D eigenvalue weighted by atomic mass is 31.2. The molecule has 57 heavy (non-hydrogen) atoms. The Morgan fingerprint density at radius 1 is 0.561 bits per heavy atom. The molecule has 0 saturated heterocycles. The lowest BCUT2D eigenvalue weighted by Crippen LogP contribution is -2.29. The Morgan fingerprint density at radius 3 is 1.61 bits per heavy atom. The number of unbranched alkanes of at least 4 members (excludes halogenated alkanes) is 8. The third-order valence-electron chi connectivity index (χ3n) is 8.01. The summed E-state index contributed by atoms with van der Waals surface area (Å²) in [6.07, 6.45) is 50.6. The van der Waals surface area contributed by atoms with Crippen LogP contribution in [0.4, 0.5) is 0 Å². The first-order valence-electron chi connectivity index (χ1n) is 20.9. The maximum atomic E-state index is 12.6. The normalized spacial score (nSPS) is 15.0. The van der Waals surface area contributed by atoms with E-state index in [-0.39, 0.29) is 19.4 Å². The summed E-state index contributed by atoms with van der Waals surface area (Å²) in [7, 11) is -4.65. The number of allylic oxidation sites excluding steroid dienone is 18. The fourth-order valence-corrected chi connectivity index (χ4v) is 5.57. The smallest absolute Gasteiger partial charge is 0.462 e. The number of aliphatic hydroxyl groups excluding tert-OH is 2. The topological polar surface area (TPSA) is 149 Å². The third kappa shape index (κ3) is 40.6. The lowest BCUT2D eigenvalue weighted by molar-refractivity contribution is -0.161. The van der Waals surface area contributed by atoms with Crippen LogP contribution in [-0.4, -0.2) is 65.7 Å². The van der Waals surface area contributed by atoms with Crippen molar-refractivity contribution in [2.45, 2.75) is 142 Å². The molecule has 3 atom stereocenters. The third-order valence-corrected chi connectivity index (χ3v) is 8.96. The molecule has 10 nitrogen and oxygen atoms in total. The van der Waals surface area contributed by atoms with Gasteiger partial charge in [-0.1, -0.05) is 142 Å². The summed E-state index contributed by atoms with van der Waals surface area (Å²) in [5.41, 5.74) is 0. The molecule has 2 unspecified atom stereocenters. The molecule has 0 aliphatic heterocycles. The van der Waals surface area contributed by atoms with Crippen molar-refractivity contribution in [3.63, 3.8) is 0 Å². The second kappa shape index (κ2) is 40.8. The zero-order valence-corrected chi connectivity index (χ0v) is 35.6. The van der Waals surface area contributed by atoms with Crippen LogP contribution in [0.2, 0.25) is 0 Å². The minimum absolute atomic E-state index is 0.121. The summed E-state index contributed by atoms with van der Waals surface area (Å²) in [6.45, 7) is 2.07. The molecule has 0 bridgehead atoms. The fourth-order valence-electron chi connectivity index (χ4n) is 4.78. The Bertz CT molecular complexity index is 1310. The van der Waals surface area contributed by atoms with Gasteiger partial charge in [0, 0.05) is 12.8 Å². The van der Waals surface area contributed by atoms with Gasteiger partial charge in [0.05, 0.1) is 19.8 Å². The molecule has 0 aromatic carbocycles. The Labute approximate surface area is 344 Å². The van der Waals surface area contributed by atoms with Crippen LogP contribution in [0.5, 0.6) is 0 Å². The van der Waals surface area contributed by atoms with Gasteiger partial charge in [0.15, 0.2) is 6.10 Å². The first-order chi connectivity index (χ1) is 27.7. The van der Waals surface area contributed by atoms with Gasteiger partial charge >= 0.3 is 19.8 Å². The first kappa shape index (κ1) is 53.6. The van der Waals surface area contributed by atoms with Crippen molar-refractivity contribution in [3.05, 3.63) is 109 Å². The van der Waals surface area contributed by atoms with Crippen LogP contribution in [0.3, 0.4) is 0 Å². The van der Waals surface area contributed by atoms with E-state index in [1.807, 2.05) is 36.5 Å². The minimum atomic E-state index is -4.65. The maximum Gasteiger partial charge on any atom is 0.472 e. The van der Waals surface area contributed by atoms with E-state index in [1.165, 1.54) is 25.7 Å². The summed E-state index contributed by atoms with van der Waals surface area (Å²) in [5, 5.41) is 18.3. The van der Waals surface area contributed by atoms with E-state index in [1.54, 1.807) is 0 Å². The summed E-state index contributed by atoms with van der Waals surface area (Å²) in [4.78, 5) is 34.9. The zero-order valence-electron chi connectivity index (χ0n) is 34.7. The number of rotatable bonds is 37. The Balaban J connectivity index is 4.46. The van der Waals surface area contributed by atoms with Gasteiger partial charge in [-0.15, -0.1) is 0 Å². The van der Waals surface area contributed by atoms with Crippen molar-refractivity contribution in [2.75, 3.05) is 26.4 Å². The Kier molecular flexibility index (Phi) is 38.4. The first-order valence-corrected chi connectivity index (χ1v) is 22.4. The molecular weight excluding hydrogens is 743 g/mol.